The predicted octanol–water partition coefficient (Wildman–Crippen LogP) is 4.30. The first kappa shape index (κ1) is 16.5. The maximum Gasteiger partial charge on any atom is 0.312 e. The van der Waals surface area contributed by atoms with Gasteiger partial charge in [-0.1, -0.05) is 65.2 Å². The maximum absolute atomic E-state index is 10.7. The molecule has 0 bridgehead atoms. The third kappa shape index (κ3) is 11.7. The zero-order valence-electron chi connectivity index (χ0n) is 11.8. The Labute approximate surface area is 108 Å². The minimum atomic E-state index is 0.904. The highest BCUT2D eigenvalue weighted by Gasteiger charge is 2.01. The van der Waals surface area contributed by atoms with Gasteiger partial charge in [0.1, 0.15) is 0 Å². The fourth-order valence-electron chi connectivity index (χ4n) is 2.02. The standard InChI is InChI=1S/C15H30NO/c1-3-5-7-9-11-13-16(15-17)14-12-10-8-6-4-2/h3-14H2,1-2H3. The zero-order valence-corrected chi connectivity index (χ0v) is 11.8. The van der Waals surface area contributed by atoms with Gasteiger partial charge in [0.15, 0.2) is 0 Å². The van der Waals surface area contributed by atoms with Crippen LogP contribution in [0.2, 0.25) is 0 Å². The van der Waals surface area contributed by atoms with Gasteiger partial charge in [0, 0.05) is 13.1 Å². The topological polar surface area (TPSA) is 20.3 Å². The van der Waals surface area contributed by atoms with Crippen molar-refractivity contribution in [1.82, 2.24) is 4.90 Å². The predicted molar refractivity (Wildman–Crippen MR) is 74.8 cm³/mol. The number of nitrogens with zero attached hydrogens (tertiary/aromatic N) is 1. The van der Waals surface area contributed by atoms with Gasteiger partial charge in [-0.15, -0.1) is 0 Å². The molecular formula is C15H30NO. The summed E-state index contributed by atoms with van der Waals surface area (Å²) in [4.78, 5) is 12.6. The first-order chi connectivity index (χ1) is 8.35. The average Bonchev–Trinajstić information content (AvgIpc) is 2.36. The van der Waals surface area contributed by atoms with E-state index in [1.807, 2.05) is 4.90 Å². The van der Waals surface area contributed by atoms with E-state index in [0.29, 0.717) is 0 Å². The molecule has 0 aliphatic heterocycles. The number of hydrogen-bond acceptors (Lipinski definition) is 1. The van der Waals surface area contributed by atoms with Crippen molar-refractivity contribution >= 4 is 6.41 Å². The van der Waals surface area contributed by atoms with Crippen LogP contribution in [0.5, 0.6) is 0 Å². The van der Waals surface area contributed by atoms with Crippen molar-refractivity contribution in [3.05, 3.63) is 0 Å². The molecule has 0 atom stereocenters. The van der Waals surface area contributed by atoms with Crippen LogP contribution >= 0.6 is 0 Å². The second-order valence-corrected chi connectivity index (χ2v) is 4.91. The third-order valence-corrected chi connectivity index (χ3v) is 3.19. The molecule has 0 saturated heterocycles. The van der Waals surface area contributed by atoms with Crippen LogP contribution in [0.1, 0.15) is 78.1 Å². The number of hydrogen-bond donors (Lipinski definition) is 0. The van der Waals surface area contributed by atoms with Crippen molar-refractivity contribution in [2.24, 2.45) is 0 Å². The maximum atomic E-state index is 10.7. The normalized spacial score (nSPS) is 10.5. The molecule has 17 heavy (non-hydrogen) atoms. The monoisotopic (exact) mass is 240 g/mol. The largest absolute Gasteiger partial charge is 0.334 e. The van der Waals surface area contributed by atoms with Crippen LogP contribution in [-0.2, 0) is 4.79 Å². The van der Waals surface area contributed by atoms with Crippen LogP contribution in [0.3, 0.4) is 0 Å². The van der Waals surface area contributed by atoms with Crippen LogP contribution in [0.25, 0.3) is 0 Å². The van der Waals surface area contributed by atoms with E-state index in [9.17, 15) is 4.79 Å². The van der Waals surface area contributed by atoms with E-state index < -0.39 is 0 Å². The first-order valence-electron chi connectivity index (χ1n) is 7.47. The van der Waals surface area contributed by atoms with E-state index in [1.165, 1.54) is 51.4 Å². The minimum Gasteiger partial charge on any atom is -0.334 e. The highest BCUT2D eigenvalue weighted by molar-refractivity contribution is 5.47. The molecule has 0 heterocycles. The lowest BCUT2D eigenvalue weighted by Crippen LogP contribution is -2.24. The number of rotatable bonds is 13. The lowest BCUT2D eigenvalue weighted by atomic mass is 10.1. The van der Waals surface area contributed by atoms with Crippen LogP contribution < -0.4 is 0 Å². The smallest absolute Gasteiger partial charge is 0.312 e. The molecule has 0 N–H and O–H groups in total. The molecule has 0 saturated carbocycles. The molecule has 0 fully saturated rings. The molecule has 0 aliphatic carbocycles. The van der Waals surface area contributed by atoms with Gasteiger partial charge in [-0.2, -0.15) is 0 Å². The molecule has 0 spiro atoms. The molecule has 2 heteroatoms. The number of amides is 1. The van der Waals surface area contributed by atoms with Crippen molar-refractivity contribution in [2.45, 2.75) is 78.1 Å². The van der Waals surface area contributed by atoms with Crippen LogP contribution in [0.15, 0.2) is 0 Å². The Balaban J connectivity index is 3.33. The summed E-state index contributed by atoms with van der Waals surface area (Å²) < 4.78 is 0. The number of unbranched alkanes of at least 4 members (excludes halogenated alkanes) is 8. The molecule has 0 rings (SSSR count). The molecule has 1 radical (unpaired) electrons. The summed E-state index contributed by atoms with van der Waals surface area (Å²) in [5.41, 5.74) is 0. The second-order valence-electron chi connectivity index (χ2n) is 4.91. The zero-order chi connectivity index (χ0) is 12.8. The fourth-order valence-corrected chi connectivity index (χ4v) is 2.02. The highest BCUT2D eigenvalue weighted by Crippen LogP contribution is 2.06. The molecule has 0 aromatic heterocycles. The van der Waals surface area contributed by atoms with Gasteiger partial charge in [-0.25, -0.2) is 0 Å². The number of carbonyl (C=O) groups excluding carboxylic acids is 1. The van der Waals surface area contributed by atoms with Crippen LogP contribution in [0, 0.1) is 0 Å². The van der Waals surface area contributed by atoms with Crippen molar-refractivity contribution in [2.75, 3.05) is 13.1 Å². The molecule has 0 aliphatic rings. The Bertz CT molecular complexity index is 145. The molecule has 101 valence electrons. The Morgan fingerprint density at radius 2 is 1.12 bits per heavy atom. The van der Waals surface area contributed by atoms with E-state index >= 15 is 0 Å². The Kier molecular flexibility index (Phi) is 13.1. The Morgan fingerprint density at radius 3 is 1.47 bits per heavy atom. The average molecular weight is 240 g/mol. The van der Waals surface area contributed by atoms with Gasteiger partial charge in [0.05, 0.1) is 0 Å². The summed E-state index contributed by atoms with van der Waals surface area (Å²) >= 11 is 0. The van der Waals surface area contributed by atoms with Gasteiger partial charge < -0.3 is 4.90 Å². The van der Waals surface area contributed by atoms with Crippen molar-refractivity contribution in [3.63, 3.8) is 0 Å². The van der Waals surface area contributed by atoms with Crippen molar-refractivity contribution in [3.8, 4) is 0 Å². The van der Waals surface area contributed by atoms with E-state index in [4.69, 9.17) is 0 Å². The second kappa shape index (κ2) is 13.5. The summed E-state index contributed by atoms with van der Waals surface area (Å²) in [6.07, 6.45) is 14.7. The Hall–Kier alpha value is -0.530. The first-order valence-corrected chi connectivity index (χ1v) is 7.47. The van der Waals surface area contributed by atoms with E-state index in [1.54, 1.807) is 0 Å². The molecule has 2 nitrogen and oxygen atoms in total. The summed E-state index contributed by atoms with van der Waals surface area (Å²) in [7, 11) is 0. The third-order valence-electron chi connectivity index (χ3n) is 3.19. The van der Waals surface area contributed by atoms with Gasteiger partial charge in [0.25, 0.3) is 0 Å². The van der Waals surface area contributed by atoms with Gasteiger partial charge in [0.2, 0.25) is 0 Å². The summed E-state index contributed by atoms with van der Waals surface area (Å²) in [6, 6.07) is 0. The molecule has 0 aromatic rings. The fraction of sp³-hybridized carbons (Fsp3) is 0.933. The molecule has 1 amide bonds. The van der Waals surface area contributed by atoms with E-state index in [0.717, 1.165) is 25.9 Å². The van der Waals surface area contributed by atoms with E-state index in [-0.39, 0.29) is 0 Å². The highest BCUT2D eigenvalue weighted by atomic mass is 16.1. The molecule has 0 aromatic carbocycles. The van der Waals surface area contributed by atoms with Crippen LogP contribution in [0.4, 0.5) is 0 Å². The van der Waals surface area contributed by atoms with Crippen LogP contribution in [-0.4, -0.2) is 24.4 Å². The summed E-state index contributed by atoms with van der Waals surface area (Å²) in [5.74, 6) is 0. The lowest BCUT2D eigenvalue weighted by Gasteiger charge is -2.15. The molecular weight excluding hydrogens is 210 g/mol. The van der Waals surface area contributed by atoms with Gasteiger partial charge in [-0.3, -0.25) is 4.79 Å². The van der Waals surface area contributed by atoms with Gasteiger partial charge in [-0.05, 0) is 12.8 Å². The quantitative estimate of drug-likeness (QED) is 0.347. The summed E-state index contributed by atoms with van der Waals surface area (Å²) in [5, 5.41) is 0. The lowest BCUT2D eigenvalue weighted by molar-refractivity contribution is 0.357. The van der Waals surface area contributed by atoms with Crippen molar-refractivity contribution in [1.29, 1.82) is 0 Å². The SMILES string of the molecule is CCCCCCCN([C]=O)CCCCCCC. The van der Waals surface area contributed by atoms with Gasteiger partial charge >= 0.3 is 6.41 Å². The summed E-state index contributed by atoms with van der Waals surface area (Å²) in [6.45, 7) is 6.26. The Morgan fingerprint density at radius 1 is 0.706 bits per heavy atom. The van der Waals surface area contributed by atoms with Crippen molar-refractivity contribution < 1.29 is 4.79 Å². The molecule has 0 unspecified atom stereocenters. The minimum absolute atomic E-state index is 0.904. The van der Waals surface area contributed by atoms with E-state index in [2.05, 4.69) is 20.3 Å².